The van der Waals surface area contributed by atoms with Crippen molar-refractivity contribution in [2.75, 3.05) is 0 Å². The van der Waals surface area contributed by atoms with Gasteiger partial charge in [0.15, 0.2) is 5.15 Å². The molecule has 3 rings (SSSR count). The number of hydrazone groups is 1. The molecule has 1 aromatic heterocycles. The largest absolute Gasteiger partial charge is 0.271 e. The van der Waals surface area contributed by atoms with Crippen molar-refractivity contribution in [3.8, 4) is 5.69 Å². The van der Waals surface area contributed by atoms with E-state index in [0.717, 1.165) is 11.4 Å². The molecule has 2 aromatic carbocycles. The van der Waals surface area contributed by atoms with Gasteiger partial charge in [-0.25, -0.2) is 10.1 Å². The lowest BCUT2D eigenvalue weighted by molar-refractivity contribution is 0.0955. The van der Waals surface area contributed by atoms with Crippen LogP contribution in [-0.4, -0.2) is 21.9 Å². The highest BCUT2D eigenvalue weighted by Gasteiger charge is 2.12. The maximum Gasteiger partial charge on any atom is 0.271 e. The molecule has 0 fully saturated rings. The Balaban J connectivity index is 1.78. The number of benzene rings is 2. The van der Waals surface area contributed by atoms with Crippen LogP contribution in [0, 0.1) is 6.92 Å². The zero-order valence-corrected chi connectivity index (χ0v) is 13.7. The fourth-order valence-corrected chi connectivity index (χ4v) is 2.52. The van der Waals surface area contributed by atoms with E-state index in [9.17, 15) is 4.79 Å². The molecule has 0 saturated heterocycles. The Kier molecular flexibility index (Phi) is 4.72. The summed E-state index contributed by atoms with van der Waals surface area (Å²) in [5, 5.41) is 8.63. The first-order chi connectivity index (χ1) is 11.7. The second-order valence-corrected chi connectivity index (χ2v) is 5.46. The van der Waals surface area contributed by atoms with E-state index in [1.807, 2.05) is 43.3 Å². The molecule has 1 heterocycles. The minimum atomic E-state index is -0.281. The molecule has 0 aliphatic heterocycles. The van der Waals surface area contributed by atoms with E-state index >= 15 is 0 Å². The van der Waals surface area contributed by atoms with Crippen LogP contribution in [0.15, 0.2) is 65.8 Å². The zero-order chi connectivity index (χ0) is 16.9. The molecule has 3 aromatic rings. The quantitative estimate of drug-likeness (QED) is 0.583. The molecule has 0 spiro atoms. The van der Waals surface area contributed by atoms with Crippen molar-refractivity contribution < 1.29 is 4.79 Å². The van der Waals surface area contributed by atoms with Gasteiger partial charge in [0, 0.05) is 5.56 Å². The second-order valence-electron chi connectivity index (χ2n) is 5.10. The van der Waals surface area contributed by atoms with Crippen LogP contribution in [0.4, 0.5) is 0 Å². The molecule has 0 aliphatic carbocycles. The van der Waals surface area contributed by atoms with Gasteiger partial charge in [-0.1, -0.05) is 48.0 Å². The van der Waals surface area contributed by atoms with E-state index in [1.165, 1.54) is 6.21 Å². The number of carbonyl (C=O) groups excluding carboxylic acids is 1. The Bertz CT molecular complexity index is 873. The summed E-state index contributed by atoms with van der Waals surface area (Å²) in [5.41, 5.74) is 5.43. The normalized spacial score (nSPS) is 10.9. The summed E-state index contributed by atoms with van der Waals surface area (Å²) in [6.45, 7) is 1.90. The van der Waals surface area contributed by atoms with Crippen molar-refractivity contribution in [2.24, 2.45) is 5.10 Å². The summed E-state index contributed by atoms with van der Waals surface area (Å²) in [6.07, 6.45) is 1.50. The fraction of sp³-hybridized carbons (Fsp3) is 0.0556. The van der Waals surface area contributed by atoms with E-state index in [0.29, 0.717) is 16.3 Å². The first-order valence-corrected chi connectivity index (χ1v) is 7.73. The Morgan fingerprint density at radius 3 is 2.42 bits per heavy atom. The van der Waals surface area contributed by atoms with E-state index in [1.54, 1.807) is 28.9 Å². The van der Waals surface area contributed by atoms with Gasteiger partial charge in [0.05, 0.1) is 23.2 Å². The van der Waals surface area contributed by atoms with Crippen LogP contribution in [0.2, 0.25) is 5.15 Å². The van der Waals surface area contributed by atoms with Crippen molar-refractivity contribution in [3.63, 3.8) is 0 Å². The third kappa shape index (κ3) is 3.36. The van der Waals surface area contributed by atoms with Crippen LogP contribution in [0.3, 0.4) is 0 Å². The van der Waals surface area contributed by atoms with Crippen LogP contribution in [-0.2, 0) is 0 Å². The SMILES string of the molecule is Cc1c(/C=N\NC(=O)c2ccccc2)c(Cl)nn1-c1ccccc1. The minimum absolute atomic E-state index is 0.281. The van der Waals surface area contributed by atoms with Crippen LogP contribution < -0.4 is 5.43 Å². The first-order valence-electron chi connectivity index (χ1n) is 7.36. The monoisotopic (exact) mass is 338 g/mol. The molecular weight excluding hydrogens is 324 g/mol. The lowest BCUT2D eigenvalue weighted by Crippen LogP contribution is -2.17. The summed E-state index contributed by atoms with van der Waals surface area (Å²) >= 11 is 6.20. The number of para-hydroxylation sites is 1. The third-order valence-corrected chi connectivity index (χ3v) is 3.79. The van der Waals surface area contributed by atoms with Crippen LogP contribution in [0.25, 0.3) is 5.69 Å². The zero-order valence-electron chi connectivity index (χ0n) is 13.0. The molecule has 24 heavy (non-hydrogen) atoms. The molecule has 0 saturated carbocycles. The van der Waals surface area contributed by atoms with Crippen LogP contribution in [0.1, 0.15) is 21.6 Å². The number of rotatable bonds is 4. The fourth-order valence-electron chi connectivity index (χ4n) is 2.26. The smallest absolute Gasteiger partial charge is 0.267 e. The van der Waals surface area contributed by atoms with E-state index in [-0.39, 0.29) is 5.91 Å². The van der Waals surface area contributed by atoms with Gasteiger partial charge in [-0.05, 0) is 31.2 Å². The summed E-state index contributed by atoms with van der Waals surface area (Å²) in [7, 11) is 0. The Morgan fingerprint density at radius 2 is 1.75 bits per heavy atom. The number of halogens is 1. The highest BCUT2D eigenvalue weighted by molar-refractivity contribution is 6.32. The Labute approximate surface area is 144 Å². The van der Waals surface area contributed by atoms with Crippen LogP contribution >= 0.6 is 11.6 Å². The molecule has 0 atom stereocenters. The maximum atomic E-state index is 12.0. The number of hydrogen-bond donors (Lipinski definition) is 1. The van der Waals surface area contributed by atoms with E-state index in [2.05, 4.69) is 15.6 Å². The predicted molar refractivity (Wildman–Crippen MR) is 94.8 cm³/mol. The minimum Gasteiger partial charge on any atom is -0.267 e. The van der Waals surface area contributed by atoms with Crippen molar-refractivity contribution in [1.82, 2.24) is 15.2 Å². The topological polar surface area (TPSA) is 59.3 Å². The van der Waals surface area contributed by atoms with Gasteiger partial charge < -0.3 is 0 Å². The van der Waals surface area contributed by atoms with Gasteiger partial charge >= 0.3 is 0 Å². The molecule has 0 unspecified atom stereocenters. The molecule has 5 nitrogen and oxygen atoms in total. The summed E-state index contributed by atoms with van der Waals surface area (Å²) in [5.74, 6) is -0.281. The van der Waals surface area contributed by atoms with Gasteiger partial charge in [-0.2, -0.15) is 10.2 Å². The van der Waals surface area contributed by atoms with Gasteiger partial charge in [-0.3, -0.25) is 4.79 Å². The molecule has 0 bridgehead atoms. The molecule has 1 N–H and O–H groups in total. The Morgan fingerprint density at radius 1 is 1.12 bits per heavy atom. The maximum absolute atomic E-state index is 12.0. The third-order valence-electron chi connectivity index (χ3n) is 3.51. The average molecular weight is 339 g/mol. The highest BCUT2D eigenvalue weighted by atomic mass is 35.5. The van der Waals surface area contributed by atoms with Gasteiger partial charge in [0.25, 0.3) is 5.91 Å². The number of nitrogens with zero attached hydrogens (tertiary/aromatic N) is 3. The Hall–Kier alpha value is -2.92. The second kappa shape index (κ2) is 7.10. The number of hydrogen-bond acceptors (Lipinski definition) is 3. The summed E-state index contributed by atoms with van der Waals surface area (Å²) < 4.78 is 1.74. The van der Waals surface area contributed by atoms with Gasteiger partial charge in [0.1, 0.15) is 0 Å². The number of carbonyl (C=O) groups is 1. The molecule has 6 heteroatoms. The van der Waals surface area contributed by atoms with E-state index in [4.69, 9.17) is 11.6 Å². The summed E-state index contributed by atoms with van der Waals surface area (Å²) in [4.78, 5) is 12.0. The molecule has 0 aliphatic rings. The lowest BCUT2D eigenvalue weighted by Gasteiger charge is -2.03. The lowest BCUT2D eigenvalue weighted by atomic mass is 10.2. The molecule has 0 radical (unpaired) electrons. The number of nitrogens with one attached hydrogen (secondary N) is 1. The average Bonchev–Trinajstić information content (AvgIpc) is 2.91. The van der Waals surface area contributed by atoms with Crippen molar-refractivity contribution >= 4 is 23.7 Å². The predicted octanol–water partition coefficient (Wildman–Crippen LogP) is 3.60. The van der Waals surface area contributed by atoms with Crippen LogP contribution in [0.5, 0.6) is 0 Å². The highest BCUT2D eigenvalue weighted by Crippen LogP contribution is 2.20. The van der Waals surface area contributed by atoms with Gasteiger partial charge in [0.2, 0.25) is 0 Å². The van der Waals surface area contributed by atoms with Gasteiger partial charge in [-0.15, -0.1) is 0 Å². The van der Waals surface area contributed by atoms with Crippen molar-refractivity contribution in [2.45, 2.75) is 6.92 Å². The first kappa shape index (κ1) is 16.0. The molecule has 1 amide bonds. The number of amides is 1. The van der Waals surface area contributed by atoms with E-state index < -0.39 is 0 Å². The standard InChI is InChI=1S/C18H15ClN4O/c1-13-16(12-20-21-18(24)14-8-4-2-5-9-14)17(19)22-23(13)15-10-6-3-7-11-15/h2-12H,1H3,(H,21,24)/b20-12-. The van der Waals surface area contributed by atoms with Crippen molar-refractivity contribution in [3.05, 3.63) is 82.6 Å². The summed E-state index contributed by atoms with van der Waals surface area (Å²) in [6, 6.07) is 18.5. The molecule has 120 valence electrons. The number of aromatic nitrogens is 2. The van der Waals surface area contributed by atoms with Crippen molar-refractivity contribution in [1.29, 1.82) is 0 Å². The molecular formula is C18H15ClN4O.